The molecule has 0 aromatic heterocycles. The molecule has 0 rings (SSSR count). The van der Waals surface area contributed by atoms with Crippen LogP contribution in [0.3, 0.4) is 0 Å². The van der Waals surface area contributed by atoms with Gasteiger partial charge in [-0.3, -0.25) is 0 Å². The highest BCUT2D eigenvalue weighted by Gasteiger charge is 1.86. The molecule has 0 heterocycles. The number of hydrogen-bond acceptors (Lipinski definition) is 2. The fourth-order valence-corrected chi connectivity index (χ4v) is 2.46. The van der Waals surface area contributed by atoms with Gasteiger partial charge in [0.05, 0.1) is 0 Å². The largest absolute Gasteiger partial charge is 0.468 e. The van der Waals surface area contributed by atoms with Crippen LogP contribution >= 0.6 is 0 Å². The molecule has 2 N–H and O–H groups in total. The molecule has 0 atom stereocenters. The lowest BCUT2D eigenvalue weighted by Gasteiger charge is -1.96. The Morgan fingerprint density at radius 2 is 2.11 bits per heavy atom. The minimum Gasteiger partial charge on any atom is -0.468 e. The third-order valence-corrected chi connectivity index (χ3v) is 3.72. The number of rotatable bonds is 6. The van der Waals surface area contributed by atoms with Crippen molar-refractivity contribution in [2.24, 2.45) is 5.73 Å². The summed E-state index contributed by atoms with van der Waals surface area (Å²) in [4.78, 5) is 0. The Kier molecular flexibility index (Phi) is 8.68. The maximum absolute atomic E-state index is 5.33. The molecule has 0 aliphatic heterocycles. The average Bonchev–Trinajstić information content (AvgIpc) is 1.89. The second-order valence-corrected chi connectivity index (χ2v) is 5.62. The Balaban J connectivity index is 2.60. The monoisotopic (exact) mass is 163 g/mol. The van der Waals surface area contributed by atoms with Crippen LogP contribution in [0.25, 0.3) is 0 Å². The standard InChI is InChI=1S/C5H17NOSi2/c6-4-2-1-3-5-9-7-8/h1-6,9H2,8H3. The highest BCUT2D eigenvalue weighted by atomic mass is 28.3. The predicted molar refractivity (Wildman–Crippen MR) is 47.3 cm³/mol. The van der Waals surface area contributed by atoms with Crippen molar-refractivity contribution in [2.45, 2.75) is 25.3 Å². The van der Waals surface area contributed by atoms with Gasteiger partial charge in [-0.2, -0.15) is 0 Å². The van der Waals surface area contributed by atoms with E-state index in [1.54, 1.807) is 0 Å². The molecule has 0 saturated heterocycles. The molecule has 0 aromatic carbocycles. The molecule has 0 aliphatic rings. The Hall–Kier alpha value is 0.354. The van der Waals surface area contributed by atoms with Gasteiger partial charge in [-0.05, 0) is 19.0 Å². The van der Waals surface area contributed by atoms with E-state index in [1.807, 2.05) is 0 Å². The molecule has 0 saturated carbocycles. The Bertz CT molecular complexity index is 48.2. The molecule has 56 valence electrons. The Labute approximate surface area is 62.6 Å². The van der Waals surface area contributed by atoms with E-state index in [0.717, 1.165) is 17.0 Å². The Morgan fingerprint density at radius 3 is 2.67 bits per heavy atom. The molecule has 0 radical (unpaired) electrons. The third-order valence-electron chi connectivity index (χ3n) is 1.30. The molecular weight excluding hydrogens is 146 g/mol. The van der Waals surface area contributed by atoms with Crippen molar-refractivity contribution in [1.29, 1.82) is 0 Å². The molecule has 4 heteroatoms. The maximum atomic E-state index is 5.33. The lowest BCUT2D eigenvalue weighted by molar-refractivity contribution is 0.642. The first kappa shape index (κ1) is 9.35. The van der Waals surface area contributed by atoms with E-state index in [9.17, 15) is 0 Å². The van der Waals surface area contributed by atoms with Gasteiger partial charge in [0.2, 0.25) is 0 Å². The van der Waals surface area contributed by atoms with E-state index in [4.69, 9.17) is 9.85 Å². The summed E-state index contributed by atoms with van der Waals surface area (Å²) in [6.45, 7) is 0.850. The van der Waals surface area contributed by atoms with Crippen LogP contribution in [-0.4, -0.2) is 26.8 Å². The zero-order chi connectivity index (χ0) is 6.95. The fraction of sp³-hybridized carbons (Fsp3) is 1.00. The van der Waals surface area contributed by atoms with E-state index >= 15 is 0 Å². The van der Waals surface area contributed by atoms with Crippen molar-refractivity contribution in [3.8, 4) is 0 Å². The summed E-state index contributed by atoms with van der Waals surface area (Å²) in [5.41, 5.74) is 5.33. The van der Waals surface area contributed by atoms with Crippen molar-refractivity contribution in [2.75, 3.05) is 6.54 Å². The van der Waals surface area contributed by atoms with Gasteiger partial charge in [-0.1, -0.05) is 12.8 Å². The quantitative estimate of drug-likeness (QED) is 0.399. The molecule has 0 aromatic rings. The first-order valence-electron chi connectivity index (χ1n) is 3.61. The van der Waals surface area contributed by atoms with Gasteiger partial charge in [-0.15, -0.1) is 0 Å². The summed E-state index contributed by atoms with van der Waals surface area (Å²) in [5.74, 6) is 0. The summed E-state index contributed by atoms with van der Waals surface area (Å²) in [5, 5.41) is 0. The van der Waals surface area contributed by atoms with Crippen LogP contribution in [0.1, 0.15) is 19.3 Å². The van der Waals surface area contributed by atoms with Crippen molar-refractivity contribution >= 4 is 20.2 Å². The molecule has 0 fully saturated rings. The van der Waals surface area contributed by atoms with Crippen molar-refractivity contribution < 1.29 is 4.12 Å². The first-order chi connectivity index (χ1) is 4.41. The predicted octanol–water partition coefficient (Wildman–Crippen LogP) is -1.09. The minimum atomic E-state index is -0.0854. The second kappa shape index (κ2) is 8.35. The van der Waals surface area contributed by atoms with Crippen molar-refractivity contribution in [1.82, 2.24) is 0 Å². The lowest BCUT2D eigenvalue weighted by Crippen LogP contribution is -1.99. The van der Waals surface area contributed by atoms with E-state index in [0.29, 0.717) is 0 Å². The first-order valence-corrected chi connectivity index (χ1v) is 6.00. The molecule has 0 bridgehead atoms. The smallest absolute Gasteiger partial charge is 0.145 e. The molecular formula is C5H17NOSi2. The maximum Gasteiger partial charge on any atom is 0.145 e. The summed E-state index contributed by atoms with van der Waals surface area (Å²) in [6, 6.07) is 1.35. The van der Waals surface area contributed by atoms with Crippen LogP contribution in [0.15, 0.2) is 0 Å². The minimum absolute atomic E-state index is 0.0854. The molecule has 0 unspecified atom stereocenters. The third kappa shape index (κ3) is 8.35. The van der Waals surface area contributed by atoms with Crippen molar-refractivity contribution in [3.63, 3.8) is 0 Å². The molecule has 0 spiro atoms. The lowest BCUT2D eigenvalue weighted by atomic mass is 10.2. The van der Waals surface area contributed by atoms with Crippen LogP contribution in [0.5, 0.6) is 0 Å². The normalized spacial score (nSPS) is 11.7. The van der Waals surface area contributed by atoms with Gasteiger partial charge in [0.1, 0.15) is 20.2 Å². The molecule has 0 aliphatic carbocycles. The Morgan fingerprint density at radius 1 is 1.33 bits per heavy atom. The second-order valence-electron chi connectivity index (χ2n) is 2.20. The van der Waals surface area contributed by atoms with Crippen LogP contribution in [0.2, 0.25) is 6.04 Å². The van der Waals surface area contributed by atoms with Crippen molar-refractivity contribution in [3.05, 3.63) is 0 Å². The van der Waals surface area contributed by atoms with Gasteiger partial charge in [0.25, 0.3) is 0 Å². The fourth-order valence-electron chi connectivity index (χ4n) is 0.744. The van der Waals surface area contributed by atoms with Crippen LogP contribution in [-0.2, 0) is 4.12 Å². The SMILES string of the molecule is NCCCCC[SiH2]O[SiH3]. The van der Waals surface area contributed by atoms with Crippen LogP contribution in [0.4, 0.5) is 0 Å². The molecule has 2 nitrogen and oxygen atoms in total. The van der Waals surface area contributed by atoms with E-state index < -0.39 is 0 Å². The van der Waals surface area contributed by atoms with Gasteiger partial charge in [0, 0.05) is 0 Å². The van der Waals surface area contributed by atoms with Gasteiger partial charge < -0.3 is 9.85 Å². The number of unbranched alkanes of at least 4 members (excludes halogenated alkanes) is 2. The number of nitrogens with two attached hydrogens (primary N) is 1. The van der Waals surface area contributed by atoms with E-state index in [-0.39, 0.29) is 9.76 Å². The summed E-state index contributed by atoms with van der Waals surface area (Å²) in [6.07, 6.45) is 3.83. The van der Waals surface area contributed by atoms with Crippen LogP contribution < -0.4 is 5.73 Å². The molecule has 0 amide bonds. The highest BCUT2D eigenvalue weighted by Crippen LogP contribution is 1.97. The highest BCUT2D eigenvalue weighted by molar-refractivity contribution is 6.34. The summed E-state index contributed by atoms with van der Waals surface area (Å²) in [7, 11) is 0.860. The van der Waals surface area contributed by atoms with Gasteiger partial charge in [0.15, 0.2) is 0 Å². The molecule has 9 heavy (non-hydrogen) atoms. The summed E-state index contributed by atoms with van der Waals surface area (Å²) >= 11 is 0. The zero-order valence-electron chi connectivity index (χ0n) is 6.23. The zero-order valence-corrected chi connectivity index (χ0v) is 9.64. The topological polar surface area (TPSA) is 35.2 Å². The van der Waals surface area contributed by atoms with Gasteiger partial charge in [-0.25, -0.2) is 0 Å². The van der Waals surface area contributed by atoms with E-state index in [1.165, 1.54) is 25.3 Å². The average molecular weight is 163 g/mol. The van der Waals surface area contributed by atoms with Gasteiger partial charge >= 0.3 is 0 Å². The number of hydrogen-bond donors (Lipinski definition) is 1. The summed E-state index contributed by atoms with van der Waals surface area (Å²) < 4.78 is 5.17. The van der Waals surface area contributed by atoms with E-state index in [2.05, 4.69) is 0 Å². The van der Waals surface area contributed by atoms with Crippen LogP contribution in [0, 0.1) is 0 Å².